The zero-order chi connectivity index (χ0) is 20.8. The van der Waals surface area contributed by atoms with Gasteiger partial charge < -0.3 is 14.5 Å². The van der Waals surface area contributed by atoms with Gasteiger partial charge in [0, 0.05) is 13.1 Å². The quantitative estimate of drug-likeness (QED) is 0.595. The molecule has 30 heavy (non-hydrogen) atoms. The maximum atomic E-state index is 14.3. The average Bonchev–Trinajstić information content (AvgIpc) is 3.37. The van der Waals surface area contributed by atoms with Crippen molar-refractivity contribution < 1.29 is 13.9 Å². The molecule has 0 saturated carbocycles. The van der Waals surface area contributed by atoms with E-state index in [0.29, 0.717) is 24.1 Å². The van der Waals surface area contributed by atoms with E-state index in [9.17, 15) is 9.18 Å². The fourth-order valence-electron chi connectivity index (χ4n) is 4.14. The van der Waals surface area contributed by atoms with Crippen molar-refractivity contribution in [3.8, 4) is 11.6 Å². The van der Waals surface area contributed by atoms with Crippen molar-refractivity contribution in [3.63, 3.8) is 0 Å². The molecule has 3 aromatic rings. The number of carbonyl (C=O) groups excluding carboxylic acids is 1. The highest BCUT2D eigenvalue weighted by atomic mass is 35.5. The summed E-state index contributed by atoms with van der Waals surface area (Å²) in [7, 11) is 0. The van der Waals surface area contributed by atoms with Crippen molar-refractivity contribution >= 4 is 34.4 Å². The fraction of sp³-hybridized carbons (Fsp3) is 0.238. The highest BCUT2D eigenvalue weighted by Gasteiger charge is 2.45. The molecule has 2 bridgehead atoms. The number of ether oxygens (including phenoxy) is 1. The second kappa shape index (κ2) is 7.21. The molecule has 2 aliphatic heterocycles. The van der Waals surface area contributed by atoms with E-state index in [2.05, 4.69) is 21.4 Å². The number of aromatic nitrogens is 3. The van der Waals surface area contributed by atoms with E-state index in [1.807, 2.05) is 17.0 Å². The predicted octanol–water partition coefficient (Wildman–Crippen LogP) is 3.59. The van der Waals surface area contributed by atoms with Gasteiger partial charge in [-0.05, 0) is 36.8 Å². The van der Waals surface area contributed by atoms with E-state index >= 15 is 0 Å². The highest BCUT2D eigenvalue weighted by molar-refractivity contribution is 6.30. The van der Waals surface area contributed by atoms with Crippen molar-refractivity contribution in [2.24, 2.45) is 0 Å². The van der Waals surface area contributed by atoms with Crippen molar-refractivity contribution in [1.29, 1.82) is 0 Å². The summed E-state index contributed by atoms with van der Waals surface area (Å²) in [5.74, 6) is 0.156. The monoisotopic (exact) mass is 425 g/mol. The maximum Gasteiger partial charge on any atom is 0.249 e. The van der Waals surface area contributed by atoms with Gasteiger partial charge in [-0.2, -0.15) is 4.98 Å². The van der Waals surface area contributed by atoms with E-state index in [0.717, 1.165) is 12.2 Å². The Morgan fingerprint density at radius 2 is 2.10 bits per heavy atom. The molecule has 2 atom stereocenters. The van der Waals surface area contributed by atoms with Crippen LogP contribution in [-0.4, -0.2) is 50.9 Å². The molecule has 0 spiro atoms. The number of benzene rings is 1. The number of piperazine rings is 1. The molecule has 0 unspecified atom stereocenters. The predicted molar refractivity (Wildman–Crippen MR) is 110 cm³/mol. The van der Waals surface area contributed by atoms with E-state index < -0.39 is 5.82 Å². The number of amides is 1. The van der Waals surface area contributed by atoms with Gasteiger partial charge in [0.05, 0.1) is 22.6 Å². The Bertz CT molecular complexity index is 1170. The van der Waals surface area contributed by atoms with Crippen LogP contribution in [0.4, 0.5) is 10.2 Å². The van der Waals surface area contributed by atoms with Crippen LogP contribution < -0.4 is 9.64 Å². The van der Waals surface area contributed by atoms with Crippen LogP contribution in [0.1, 0.15) is 6.42 Å². The van der Waals surface area contributed by atoms with E-state index in [-0.39, 0.29) is 34.6 Å². The second-order valence-corrected chi connectivity index (χ2v) is 7.67. The molecule has 9 heteroatoms. The van der Waals surface area contributed by atoms with Crippen LogP contribution in [0, 0.1) is 5.82 Å². The molecule has 2 aliphatic rings. The summed E-state index contributed by atoms with van der Waals surface area (Å²) in [5, 5.41) is -0.0359. The van der Waals surface area contributed by atoms with Crippen molar-refractivity contribution in [3.05, 3.63) is 60.2 Å². The minimum absolute atomic E-state index is 0.0338. The van der Waals surface area contributed by atoms with Crippen LogP contribution in [0.2, 0.25) is 5.02 Å². The van der Waals surface area contributed by atoms with Gasteiger partial charge in [-0.1, -0.05) is 24.2 Å². The van der Waals surface area contributed by atoms with Gasteiger partial charge in [-0.15, -0.1) is 0 Å². The number of rotatable bonds is 4. The number of carbonyl (C=O) groups is 1. The third kappa shape index (κ3) is 3.04. The van der Waals surface area contributed by atoms with Crippen molar-refractivity contribution in [2.75, 3.05) is 18.0 Å². The smallest absolute Gasteiger partial charge is 0.249 e. The van der Waals surface area contributed by atoms with Gasteiger partial charge >= 0.3 is 0 Å². The number of nitrogens with zero attached hydrogens (tertiary/aromatic N) is 5. The third-order valence-corrected chi connectivity index (χ3v) is 5.84. The minimum Gasteiger partial charge on any atom is -0.434 e. The SMILES string of the molecule is C=CC(=O)N1C[C@@H]2C[C@H]1CN2c1ccc2ncnc(Oc3cccc(Cl)c3F)c2n1. The standard InChI is InChI=1S/C21H17ClFN5O2/c1-2-18(29)28-10-12-8-13(28)9-27(12)17-7-6-15-20(26-17)21(25-11-24-15)30-16-5-3-4-14(22)19(16)23/h2-7,11-13H,1,8-10H2/t12-,13-/m0/s1. The summed E-state index contributed by atoms with van der Waals surface area (Å²) in [5.41, 5.74) is 1.01. The number of hydrogen-bond donors (Lipinski definition) is 0. The summed E-state index contributed by atoms with van der Waals surface area (Å²) >= 11 is 5.85. The number of hydrogen-bond acceptors (Lipinski definition) is 6. The molecule has 0 radical (unpaired) electrons. The van der Waals surface area contributed by atoms with Gasteiger partial charge in [0.15, 0.2) is 17.1 Å². The summed E-state index contributed by atoms with van der Waals surface area (Å²) in [6, 6.07) is 8.56. The zero-order valence-corrected chi connectivity index (χ0v) is 16.6. The molecule has 2 aromatic heterocycles. The van der Waals surface area contributed by atoms with Gasteiger partial charge in [0.2, 0.25) is 11.8 Å². The van der Waals surface area contributed by atoms with Crippen molar-refractivity contribution in [2.45, 2.75) is 18.5 Å². The van der Waals surface area contributed by atoms with Crippen LogP contribution in [0.25, 0.3) is 11.0 Å². The lowest BCUT2D eigenvalue weighted by atomic mass is 10.2. The summed E-state index contributed by atoms with van der Waals surface area (Å²) in [4.78, 5) is 29.1. The molecule has 7 nitrogen and oxygen atoms in total. The molecular weight excluding hydrogens is 409 g/mol. The molecule has 1 amide bonds. The Hall–Kier alpha value is -3.26. The molecule has 2 saturated heterocycles. The maximum absolute atomic E-state index is 14.3. The van der Waals surface area contributed by atoms with E-state index in [1.54, 1.807) is 6.07 Å². The topological polar surface area (TPSA) is 71.5 Å². The number of pyridine rings is 1. The van der Waals surface area contributed by atoms with E-state index in [1.165, 1.54) is 24.5 Å². The van der Waals surface area contributed by atoms with E-state index in [4.69, 9.17) is 21.3 Å². The molecule has 1 aromatic carbocycles. The highest BCUT2D eigenvalue weighted by Crippen LogP contribution is 2.36. The lowest BCUT2D eigenvalue weighted by Gasteiger charge is -2.34. The van der Waals surface area contributed by atoms with Crippen LogP contribution in [0.5, 0.6) is 11.6 Å². The number of fused-ring (bicyclic) bond motifs is 3. The summed E-state index contributed by atoms with van der Waals surface area (Å²) < 4.78 is 20.0. The van der Waals surface area contributed by atoms with Crippen LogP contribution in [0.3, 0.4) is 0 Å². The Labute approximate surface area is 176 Å². The van der Waals surface area contributed by atoms with Crippen LogP contribution >= 0.6 is 11.6 Å². The van der Waals surface area contributed by atoms with Crippen molar-refractivity contribution in [1.82, 2.24) is 19.9 Å². The Morgan fingerprint density at radius 3 is 2.87 bits per heavy atom. The third-order valence-electron chi connectivity index (χ3n) is 5.55. The number of halogens is 2. The lowest BCUT2D eigenvalue weighted by Crippen LogP contribution is -2.48. The molecular formula is C21H17ClFN5O2. The average molecular weight is 426 g/mol. The summed E-state index contributed by atoms with van der Waals surface area (Å²) in [6.45, 7) is 4.90. The second-order valence-electron chi connectivity index (χ2n) is 7.26. The zero-order valence-electron chi connectivity index (χ0n) is 15.8. The van der Waals surface area contributed by atoms with Gasteiger partial charge in [-0.25, -0.2) is 14.4 Å². The largest absolute Gasteiger partial charge is 0.434 e. The Morgan fingerprint density at radius 1 is 1.23 bits per heavy atom. The number of likely N-dealkylation sites (tertiary alicyclic amines) is 1. The minimum atomic E-state index is -0.661. The fourth-order valence-corrected chi connectivity index (χ4v) is 4.31. The van der Waals surface area contributed by atoms with Crippen LogP contribution in [0.15, 0.2) is 49.3 Å². The lowest BCUT2D eigenvalue weighted by molar-refractivity contribution is -0.127. The molecule has 0 aliphatic carbocycles. The van der Waals surface area contributed by atoms with Gasteiger partial charge in [-0.3, -0.25) is 4.79 Å². The molecule has 152 valence electrons. The normalized spacial score (nSPS) is 20.1. The van der Waals surface area contributed by atoms with Gasteiger partial charge in [0.1, 0.15) is 12.1 Å². The Balaban J connectivity index is 1.47. The molecule has 5 rings (SSSR count). The Kier molecular flexibility index (Phi) is 4.51. The first kappa shape index (κ1) is 18.7. The molecule has 4 heterocycles. The van der Waals surface area contributed by atoms with Crippen LogP contribution in [-0.2, 0) is 4.79 Å². The first-order valence-corrected chi connectivity index (χ1v) is 9.86. The first-order chi connectivity index (χ1) is 14.5. The molecule has 0 N–H and O–H groups in total. The molecule has 2 fully saturated rings. The van der Waals surface area contributed by atoms with Gasteiger partial charge in [0.25, 0.3) is 0 Å². The first-order valence-electron chi connectivity index (χ1n) is 9.48. The summed E-state index contributed by atoms with van der Waals surface area (Å²) in [6.07, 6.45) is 3.59. The number of anilines is 1.